The number of carboxylic acid groups (broad SMARTS) is 1. The van der Waals surface area contributed by atoms with E-state index in [1.807, 2.05) is 13.8 Å². The second kappa shape index (κ2) is 6.98. The largest absolute Gasteiger partial charge is 0.480 e. The molecule has 0 aliphatic heterocycles. The van der Waals surface area contributed by atoms with Crippen molar-refractivity contribution in [2.45, 2.75) is 45.9 Å². The van der Waals surface area contributed by atoms with Crippen LogP contribution in [-0.4, -0.2) is 44.9 Å². The molecule has 6 nitrogen and oxygen atoms in total. The molecule has 0 atom stereocenters. The van der Waals surface area contributed by atoms with Gasteiger partial charge in [-0.1, -0.05) is 5.16 Å². The van der Waals surface area contributed by atoms with Crippen LogP contribution in [0.25, 0.3) is 0 Å². The molecule has 0 bridgehead atoms. The highest BCUT2D eigenvalue weighted by atomic mass is 32.2. The van der Waals surface area contributed by atoms with Crippen molar-refractivity contribution in [1.29, 1.82) is 0 Å². The molecule has 1 aromatic rings. The number of aryl methyl sites for hydroxylation is 2. The number of carbonyl (C=O) groups is 2. The van der Waals surface area contributed by atoms with Crippen LogP contribution in [0.4, 0.5) is 0 Å². The highest BCUT2D eigenvalue weighted by Crippen LogP contribution is 2.21. The van der Waals surface area contributed by atoms with Crippen LogP contribution in [0.3, 0.4) is 0 Å². The predicted molar refractivity (Wildman–Crippen MR) is 81.2 cm³/mol. The molecule has 0 aliphatic carbocycles. The standard InChI is InChI=1S/C14H22N2O4S/c1-6-16(14(4,5)13(18)19)12(17)8-21-7-11-9(2)15-20-10(11)3/h6-8H2,1-5H3,(H,18,19). The van der Waals surface area contributed by atoms with Gasteiger partial charge in [-0.15, -0.1) is 11.8 Å². The number of hydrogen-bond acceptors (Lipinski definition) is 5. The maximum Gasteiger partial charge on any atom is 0.329 e. The summed E-state index contributed by atoms with van der Waals surface area (Å²) in [5.41, 5.74) is 0.620. The van der Waals surface area contributed by atoms with E-state index in [4.69, 9.17) is 4.52 Å². The molecule has 0 unspecified atom stereocenters. The van der Waals surface area contributed by atoms with Gasteiger partial charge in [-0.2, -0.15) is 0 Å². The molecule has 1 N–H and O–H groups in total. The van der Waals surface area contributed by atoms with Gasteiger partial charge >= 0.3 is 5.97 Å². The van der Waals surface area contributed by atoms with Crippen LogP contribution in [-0.2, 0) is 15.3 Å². The van der Waals surface area contributed by atoms with Crippen molar-refractivity contribution in [2.24, 2.45) is 0 Å². The Morgan fingerprint density at radius 3 is 2.43 bits per heavy atom. The average Bonchev–Trinajstić information content (AvgIpc) is 2.70. The van der Waals surface area contributed by atoms with E-state index in [2.05, 4.69) is 5.16 Å². The van der Waals surface area contributed by atoms with Crippen molar-refractivity contribution in [3.63, 3.8) is 0 Å². The third-order valence-corrected chi connectivity index (χ3v) is 4.41. The molecular weight excluding hydrogens is 292 g/mol. The monoisotopic (exact) mass is 314 g/mol. The van der Waals surface area contributed by atoms with E-state index in [0.717, 1.165) is 17.0 Å². The van der Waals surface area contributed by atoms with E-state index in [1.165, 1.54) is 30.5 Å². The third kappa shape index (κ3) is 4.00. The zero-order chi connectivity index (χ0) is 16.2. The van der Waals surface area contributed by atoms with Crippen molar-refractivity contribution in [3.05, 3.63) is 17.0 Å². The van der Waals surface area contributed by atoms with E-state index >= 15 is 0 Å². The molecule has 1 rings (SSSR count). The topological polar surface area (TPSA) is 83.6 Å². The number of thioether (sulfide) groups is 1. The Hall–Kier alpha value is -1.50. The van der Waals surface area contributed by atoms with Crippen molar-refractivity contribution >= 4 is 23.6 Å². The molecule has 21 heavy (non-hydrogen) atoms. The van der Waals surface area contributed by atoms with Crippen LogP contribution in [0.1, 0.15) is 37.8 Å². The Balaban J connectivity index is 2.62. The van der Waals surface area contributed by atoms with E-state index in [-0.39, 0.29) is 11.7 Å². The van der Waals surface area contributed by atoms with Crippen LogP contribution in [0.15, 0.2) is 4.52 Å². The van der Waals surface area contributed by atoms with Gasteiger partial charge in [0.15, 0.2) is 0 Å². The summed E-state index contributed by atoms with van der Waals surface area (Å²) in [4.78, 5) is 24.9. The Labute approximate surface area is 128 Å². The van der Waals surface area contributed by atoms with Crippen molar-refractivity contribution < 1.29 is 19.2 Å². The zero-order valence-corrected chi connectivity index (χ0v) is 13.9. The summed E-state index contributed by atoms with van der Waals surface area (Å²) in [7, 11) is 0. The first kappa shape index (κ1) is 17.6. The Morgan fingerprint density at radius 2 is 2.00 bits per heavy atom. The summed E-state index contributed by atoms with van der Waals surface area (Å²) >= 11 is 1.43. The lowest BCUT2D eigenvalue weighted by Crippen LogP contribution is -2.53. The average molecular weight is 314 g/mol. The van der Waals surface area contributed by atoms with Crippen LogP contribution < -0.4 is 0 Å². The number of carbonyl (C=O) groups excluding carboxylic acids is 1. The molecule has 1 heterocycles. The van der Waals surface area contributed by atoms with Gasteiger partial charge in [0.05, 0.1) is 11.4 Å². The molecule has 1 aromatic heterocycles. The number of likely N-dealkylation sites (N-methyl/N-ethyl adjacent to an activating group) is 1. The Kier molecular flexibility index (Phi) is 5.83. The number of amides is 1. The summed E-state index contributed by atoms with van der Waals surface area (Å²) in [5, 5.41) is 13.1. The molecule has 0 fully saturated rings. The fourth-order valence-corrected chi connectivity index (χ4v) is 3.07. The molecule has 7 heteroatoms. The first-order valence-corrected chi connectivity index (χ1v) is 7.90. The minimum absolute atomic E-state index is 0.179. The molecule has 0 saturated carbocycles. The predicted octanol–water partition coefficient (Wildman–Crippen LogP) is 2.24. The summed E-state index contributed by atoms with van der Waals surface area (Å²) in [6.07, 6.45) is 0. The van der Waals surface area contributed by atoms with E-state index < -0.39 is 11.5 Å². The SMILES string of the molecule is CCN(C(=O)CSCc1c(C)noc1C)C(C)(C)C(=O)O. The normalized spacial score (nSPS) is 11.5. The van der Waals surface area contributed by atoms with Crippen LogP contribution in [0, 0.1) is 13.8 Å². The number of hydrogen-bond donors (Lipinski definition) is 1. The molecule has 0 spiro atoms. The molecule has 0 radical (unpaired) electrons. The van der Waals surface area contributed by atoms with Crippen LogP contribution in [0.5, 0.6) is 0 Å². The van der Waals surface area contributed by atoms with Gasteiger partial charge in [-0.25, -0.2) is 4.79 Å². The molecule has 0 aliphatic rings. The van der Waals surface area contributed by atoms with Gasteiger partial charge < -0.3 is 14.5 Å². The minimum atomic E-state index is -1.20. The molecule has 1 amide bonds. The number of carboxylic acids is 1. The van der Waals surface area contributed by atoms with E-state index in [9.17, 15) is 14.7 Å². The summed E-state index contributed by atoms with van der Waals surface area (Å²) in [6, 6.07) is 0. The molecule has 0 aromatic carbocycles. The van der Waals surface area contributed by atoms with Gasteiger partial charge in [-0.3, -0.25) is 4.79 Å². The number of nitrogens with zero attached hydrogens (tertiary/aromatic N) is 2. The Morgan fingerprint density at radius 1 is 1.38 bits per heavy atom. The molecule has 0 saturated heterocycles. The maximum atomic E-state index is 12.2. The van der Waals surface area contributed by atoms with E-state index in [1.54, 1.807) is 6.92 Å². The lowest BCUT2D eigenvalue weighted by Gasteiger charge is -2.34. The quantitative estimate of drug-likeness (QED) is 0.831. The van der Waals surface area contributed by atoms with Gasteiger partial charge in [0.25, 0.3) is 0 Å². The number of aromatic nitrogens is 1. The first-order valence-electron chi connectivity index (χ1n) is 6.75. The third-order valence-electron chi connectivity index (χ3n) is 3.47. The fourth-order valence-electron chi connectivity index (χ4n) is 2.03. The second-order valence-corrected chi connectivity index (χ2v) is 6.28. The molecular formula is C14H22N2O4S. The Bertz CT molecular complexity index is 506. The fraction of sp³-hybridized carbons (Fsp3) is 0.643. The van der Waals surface area contributed by atoms with Crippen molar-refractivity contribution in [3.8, 4) is 0 Å². The summed E-state index contributed by atoms with van der Waals surface area (Å²) < 4.78 is 5.07. The number of aliphatic carboxylic acids is 1. The summed E-state index contributed by atoms with van der Waals surface area (Å²) in [5.74, 6) is 0.424. The van der Waals surface area contributed by atoms with Gasteiger partial charge in [0.2, 0.25) is 5.91 Å². The lowest BCUT2D eigenvalue weighted by molar-refractivity contribution is -0.155. The first-order chi connectivity index (χ1) is 9.71. The van der Waals surface area contributed by atoms with Crippen LogP contribution in [0.2, 0.25) is 0 Å². The minimum Gasteiger partial charge on any atom is -0.480 e. The van der Waals surface area contributed by atoms with Crippen molar-refractivity contribution in [2.75, 3.05) is 12.3 Å². The highest BCUT2D eigenvalue weighted by Gasteiger charge is 2.36. The smallest absolute Gasteiger partial charge is 0.329 e. The molecule has 118 valence electrons. The highest BCUT2D eigenvalue weighted by molar-refractivity contribution is 7.99. The van der Waals surface area contributed by atoms with Crippen molar-refractivity contribution in [1.82, 2.24) is 10.1 Å². The van der Waals surface area contributed by atoms with Gasteiger partial charge in [0.1, 0.15) is 11.3 Å². The summed E-state index contributed by atoms with van der Waals surface area (Å²) in [6.45, 7) is 8.92. The zero-order valence-electron chi connectivity index (χ0n) is 13.1. The van der Waals surface area contributed by atoms with Gasteiger partial charge in [0, 0.05) is 17.9 Å². The second-order valence-electron chi connectivity index (χ2n) is 5.30. The number of rotatable bonds is 7. The lowest BCUT2D eigenvalue weighted by atomic mass is 10.0. The maximum absolute atomic E-state index is 12.2. The van der Waals surface area contributed by atoms with Crippen LogP contribution >= 0.6 is 11.8 Å². The van der Waals surface area contributed by atoms with Gasteiger partial charge in [-0.05, 0) is 34.6 Å². The van der Waals surface area contributed by atoms with E-state index in [0.29, 0.717) is 12.3 Å².